The molecule has 1 unspecified atom stereocenters. The van der Waals surface area contributed by atoms with Gasteiger partial charge in [-0.1, -0.05) is 29.8 Å². The normalized spacial score (nSPS) is 12.8. The summed E-state index contributed by atoms with van der Waals surface area (Å²) in [6, 6.07) is 6.20. The number of hydrogen-bond acceptors (Lipinski definition) is 2. The van der Waals surface area contributed by atoms with Crippen molar-refractivity contribution in [2.45, 2.75) is 20.3 Å². The molecule has 0 fully saturated rings. The third-order valence-electron chi connectivity index (χ3n) is 3.13. The molecule has 0 saturated heterocycles. The molecule has 0 saturated carbocycles. The molecule has 0 bridgehead atoms. The molecule has 17 heavy (non-hydrogen) atoms. The third-order valence-corrected chi connectivity index (χ3v) is 3.63. The van der Waals surface area contributed by atoms with E-state index < -0.39 is 0 Å². The van der Waals surface area contributed by atoms with E-state index in [4.69, 9.17) is 4.74 Å². The highest BCUT2D eigenvalue weighted by Crippen LogP contribution is 2.27. The van der Waals surface area contributed by atoms with Crippen molar-refractivity contribution in [3.8, 4) is 5.75 Å². The fourth-order valence-corrected chi connectivity index (χ4v) is 2.40. The predicted octanol–water partition coefficient (Wildman–Crippen LogP) is 3.49. The summed E-state index contributed by atoms with van der Waals surface area (Å²) in [4.78, 5) is 0. The monoisotopic (exact) mass is 299 g/mol. The summed E-state index contributed by atoms with van der Waals surface area (Å²) < 4.78 is 6.53. The van der Waals surface area contributed by atoms with Crippen molar-refractivity contribution in [1.29, 1.82) is 0 Å². The van der Waals surface area contributed by atoms with E-state index >= 15 is 0 Å². The molecular formula is C14H22BrNO. The molecule has 0 aliphatic rings. The van der Waals surface area contributed by atoms with E-state index in [1.807, 2.05) is 19.2 Å². The Bertz CT molecular complexity index is 352. The highest BCUT2D eigenvalue weighted by molar-refractivity contribution is 9.10. The van der Waals surface area contributed by atoms with Crippen LogP contribution in [0.15, 0.2) is 22.7 Å². The van der Waals surface area contributed by atoms with Gasteiger partial charge in [0.25, 0.3) is 0 Å². The minimum atomic E-state index is 0.628. The molecule has 0 amide bonds. The maximum atomic E-state index is 5.42. The molecule has 1 atom stereocenters. The first kappa shape index (κ1) is 14.5. The molecule has 0 radical (unpaired) electrons. The van der Waals surface area contributed by atoms with Crippen LogP contribution in [0.25, 0.3) is 0 Å². The van der Waals surface area contributed by atoms with Gasteiger partial charge in [0.05, 0.1) is 7.11 Å². The number of rotatable bonds is 6. The molecule has 0 aliphatic carbocycles. The second kappa shape index (κ2) is 7.02. The zero-order valence-corrected chi connectivity index (χ0v) is 12.7. The number of ether oxygens (including phenoxy) is 1. The summed E-state index contributed by atoms with van der Waals surface area (Å²) >= 11 is 3.52. The maximum absolute atomic E-state index is 5.42. The van der Waals surface area contributed by atoms with E-state index in [-0.39, 0.29) is 0 Å². The molecule has 3 heteroatoms. The van der Waals surface area contributed by atoms with Crippen molar-refractivity contribution >= 4 is 15.9 Å². The Morgan fingerprint density at radius 3 is 2.59 bits per heavy atom. The molecule has 0 heterocycles. The molecule has 96 valence electrons. The molecule has 1 aromatic rings. The van der Waals surface area contributed by atoms with Gasteiger partial charge in [-0.25, -0.2) is 0 Å². The Morgan fingerprint density at radius 2 is 2.06 bits per heavy atom. The van der Waals surface area contributed by atoms with Crippen LogP contribution in [0, 0.1) is 11.8 Å². The second-order valence-corrected chi connectivity index (χ2v) is 5.64. The second-order valence-electron chi connectivity index (χ2n) is 4.72. The molecule has 0 aliphatic heterocycles. The van der Waals surface area contributed by atoms with Crippen molar-refractivity contribution in [1.82, 2.24) is 5.32 Å². The van der Waals surface area contributed by atoms with E-state index in [0.717, 1.165) is 23.2 Å². The van der Waals surface area contributed by atoms with E-state index in [2.05, 4.69) is 41.2 Å². The fraction of sp³-hybridized carbons (Fsp3) is 0.571. The molecule has 1 N–H and O–H groups in total. The van der Waals surface area contributed by atoms with Crippen LogP contribution in [-0.2, 0) is 6.42 Å². The fourth-order valence-electron chi connectivity index (χ4n) is 1.99. The van der Waals surface area contributed by atoms with Crippen LogP contribution in [-0.4, -0.2) is 20.7 Å². The van der Waals surface area contributed by atoms with Crippen LogP contribution >= 0.6 is 15.9 Å². The Kier molecular flexibility index (Phi) is 6.00. The molecule has 2 nitrogen and oxygen atoms in total. The summed E-state index contributed by atoms with van der Waals surface area (Å²) in [5, 5.41) is 3.27. The molecule has 1 aromatic carbocycles. The van der Waals surface area contributed by atoms with Crippen molar-refractivity contribution in [2.75, 3.05) is 20.7 Å². The van der Waals surface area contributed by atoms with Crippen LogP contribution in [0.2, 0.25) is 0 Å². The molecule has 1 rings (SSSR count). The lowest BCUT2D eigenvalue weighted by Gasteiger charge is -2.21. The minimum absolute atomic E-state index is 0.628. The summed E-state index contributed by atoms with van der Waals surface area (Å²) in [5.41, 5.74) is 1.27. The first-order valence-corrected chi connectivity index (χ1v) is 6.84. The van der Waals surface area contributed by atoms with E-state index in [9.17, 15) is 0 Å². The lowest BCUT2D eigenvalue weighted by atomic mass is 9.89. The largest absolute Gasteiger partial charge is 0.496 e. The van der Waals surface area contributed by atoms with Crippen molar-refractivity contribution in [2.24, 2.45) is 11.8 Å². The van der Waals surface area contributed by atoms with E-state index in [1.54, 1.807) is 7.11 Å². The van der Waals surface area contributed by atoms with Gasteiger partial charge in [0.2, 0.25) is 0 Å². The molecule has 0 spiro atoms. The zero-order chi connectivity index (χ0) is 12.8. The SMILES string of the molecule is CNCC(Cc1cc(Br)ccc1OC)C(C)C. The average molecular weight is 300 g/mol. The topological polar surface area (TPSA) is 21.3 Å². The first-order valence-electron chi connectivity index (χ1n) is 6.05. The number of benzene rings is 1. The van der Waals surface area contributed by atoms with Gasteiger partial charge in [0, 0.05) is 4.47 Å². The van der Waals surface area contributed by atoms with Gasteiger partial charge in [-0.05, 0) is 55.6 Å². The Hall–Kier alpha value is -0.540. The lowest BCUT2D eigenvalue weighted by molar-refractivity contribution is 0.358. The van der Waals surface area contributed by atoms with Crippen molar-refractivity contribution < 1.29 is 4.74 Å². The van der Waals surface area contributed by atoms with Crippen LogP contribution in [0.5, 0.6) is 5.75 Å². The van der Waals surface area contributed by atoms with Crippen LogP contribution in [0.1, 0.15) is 19.4 Å². The Balaban J connectivity index is 2.87. The predicted molar refractivity (Wildman–Crippen MR) is 76.7 cm³/mol. The number of halogens is 1. The summed E-state index contributed by atoms with van der Waals surface area (Å²) in [5.74, 6) is 2.27. The number of hydrogen-bond donors (Lipinski definition) is 1. The summed E-state index contributed by atoms with van der Waals surface area (Å²) in [6.07, 6.45) is 1.04. The van der Waals surface area contributed by atoms with Gasteiger partial charge in [-0.2, -0.15) is 0 Å². The van der Waals surface area contributed by atoms with Crippen LogP contribution in [0.4, 0.5) is 0 Å². The maximum Gasteiger partial charge on any atom is 0.122 e. The van der Waals surface area contributed by atoms with Crippen molar-refractivity contribution in [3.63, 3.8) is 0 Å². The molecular weight excluding hydrogens is 278 g/mol. The average Bonchev–Trinajstić information content (AvgIpc) is 2.28. The van der Waals surface area contributed by atoms with Crippen LogP contribution in [0.3, 0.4) is 0 Å². The van der Waals surface area contributed by atoms with Crippen molar-refractivity contribution in [3.05, 3.63) is 28.2 Å². The minimum Gasteiger partial charge on any atom is -0.496 e. The molecule has 0 aromatic heterocycles. The standard InChI is InChI=1S/C14H22BrNO/c1-10(2)12(9-16-3)7-11-8-13(15)5-6-14(11)17-4/h5-6,8,10,12,16H,7,9H2,1-4H3. The van der Waals surface area contributed by atoms with Crippen LogP contribution < -0.4 is 10.1 Å². The first-order chi connectivity index (χ1) is 8.08. The highest BCUT2D eigenvalue weighted by atomic mass is 79.9. The lowest BCUT2D eigenvalue weighted by Crippen LogP contribution is -2.25. The summed E-state index contributed by atoms with van der Waals surface area (Å²) in [6.45, 7) is 5.58. The van der Waals surface area contributed by atoms with Gasteiger partial charge < -0.3 is 10.1 Å². The van der Waals surface area contributed by atoms with Gasteiger partial charge in [-0.3, -0.25) is 0 Å². The highest BCUT2D eigenvalue weighted by Gasteiger charge is 2.15. The van der Waals surface area contributed by atoms with Gasteiger partial charge in [-0.15, -0.1) is 0 Å². The smallest absolute Gasteiger partial charge is 0.122 e. The van der Waals surface area contributed by atoms with Gasteiger partial charge >= 0.3 is 0 Å². The quantitative estimate of drug-likeness (QED) is 0.868. The Morgan fingerprint density at radius 1 is 1.35 bits per heavy atom. The van der Waals surface area contributed by atoms with E-state index in [1.165, 1.54) is 5.56 Å². The Labute approximate surface area is 113 Å². The van der Waals surface area contributed by atoms with Gasteiger partial charge in [0.15, 0.2) is 0 Å². The third kappa shape index (κ3) is 4.32. The van der Waals surface area contributed by atoms with Gasteiger partial charge in [0.1, 0.15) is 5.75 Å². The summed E-state index contributed by atoms with van der Waals surface area (Å²) in [7, 11) is 3.74. The number of nitrogens with one attached hydrogen (secondary N) is 1. The number of methoxy groups -OCH3 is 1. The van der Waals surface area contributed by atoms with E-state index in [0.29, 0.717) is 11.8 Å². The zero-order valence-electron chi connectivity index (χ0n) is 11.1.